The summed E-state index contributed by atoms with van der Waals surface area (Å²) in [5.74, 6) is 0.915. The standard InChI is InChI=1S/C17H13BrO4/c1-21-16-8-13(18)10(7-14(16)19)6-11-9-22-15-5-3-2-4-12(15)17(11)20/h2-8,19H,9H2,1H3/b11-6+. The highest BCUT2D eigenvalue weighted by molar-refractivity contribution is 9.10. The molecule has 1 N–H and O–H groups in total. The van der Waals surface area contributed by atoms with Gasteiger partial charge in [-0.15, -0.1) is 0 Å². The van der Waals surface area contributed by atoms with Crippen LogP contribution in [0.2, 0.25) is 0 Å². The lowest BCUT2D eigenvalue weighted by Crippen LogP contribution is -2.18. The van der Waals surface area contributed by atoms with Crippen LogP contribution in [0.3, 0.4) is 0 Å². The Bertz CT molecular complexity index is 780. The number of benzene rings is 2. The molecule has 0 bridgehead atoms. The number of phenols is 1. The summed E-state index contributed by atoms with van der Waals surface area (Å²) in [7, 11) is 1.48. The third-order valence-electron chi connectivity index (χ3n) is 3.43. The molecule has 112 valence electrons. The highest BCUT2D eigenvalue weighted by atomic mass is 79.9. The van der Waals surface area contributed by atoms with Gasteiger partial charge in [0.05, 0.1) is 12.7 Å². The van der Waals surface area contributed by atoms with Crippen molar-refractivity contribution in [1.82, 2.24) is 0 Å². The molecule has 1 heterocycles. The third-order valence-corrected chi connectivity index (χ3v) is 4.12. The van der Waals surface area contributed by atoms with Crippen LogP contribution in [-0.4, -0.2) is 24.6 Å². The van der Waals surface area contributed by atoms with Gasteiger partial charge in [0.25, 0.3) is 0 Å². The number of rotatable bonds is 2. The number of carbonyl (C=O) groups excluding carboxylic acids is 1. The number of ketones is 1. The number of halogens is 1. The maximum absolute atomic E-state index is 12.5. The van der Waals surface area contributed by atoms with Gasteiger partial charge < -0.3 is 14.6 Å². The lowest BCUT2D eigenvalue weighted by Gasteiger charge is -2.18. The van der Waals surface area contributed by atoms with Crippen molar-refractivity contribution in [2.45, 2.75) is 0 Å². The van der Waals surface area contributed by atoms with Crippen LogP contribution in [0, 0.1) is 0 Å². The SMILES string of the molecule is COc1cc(Br)c(/C=C2\COc3ccccc3C2=O)cc1O. The number of carbonyl (C=O) groups is 1. The molecule has 5 heteroatoms. The van der Waals surface area contributed by atoms with Crippen molar-refractivity contribution in [3.63, 3.8) is 0 Å². The van der Waals surface area contributed by atoms with Gasteiger partial charge in [-0.25, -0.2) is 0 Å². The van der Waals surface area contributed by atoms with E-state index in [0.29, 0.717) is 28.2 Å². The average Bonchev–Trinajstić information content (AvgIpc) is 2.53. The van der Waals surface area contributed by atoms with E-state index in [0.717, 1.165) is 4.47 Å². The first-order chi connectivity index (χ1) is 10.6. The Morgan fingerprint density at radius 3 is 2.86 bits per heavy atom. The number of hydrogen-bond acceptors (Lipinski definition) is 4. The van der Waals surface area contributed by atoms with Crippen molar-refractivity contribution in [2.24, 2.45) is 0 Å². The largest absolute Gasteiger partial charge is 0.504 e. The number of hydrogen-bond donors (Lipinski definition) is 1. The first-order valence-electron chi connectivity index (χ1n) is 6.63. The first kappa shape index (κ1) is 14.7. The van der Waals surface area contributed by atoms with Crippen LogP contribution in [-0.2, 0) is 0 Å². The van der Waals surface area contributed by atoms with Gasteiger partial charge in [0, 0.05) is 10.0 Å². The number of ether oxygens (including phenoxy) is 2. The van der Waals surface area contributed by atoms with Crippen molar-refractivity contribution < 1.29 is 19.4 Å². The lowest BCUT2D eigenvalue weighted by molar-refractivity contribution is 0.100. The Balaban J connectivity index is 2.00. The molecule has 0 atom stereocenters. The second kappa shape index (κ2) is 5.85. The van der Waals surface area contributed by atoms with Crippen molar-refractivity contribution in [2.75, 3.05) is 13.7 Å². The van der Waals surface area contributed by atoms with Crippen LogP contribution >= 0.6 is 15.9 Å². The minimum absolute atomic E-state index is 0.0159. The molecule has 1 aliphatic rings. The number of phenolic OH excluding ortho intramolecular Hbond substituents is 1. The molecule has 0 fully saturated rings. The Hall–Kier alpha value is -2.27. The number of para-hydroxylation sites is 1. The van der Waals surface area contributed by atoms with E-state index in [1.165, 1.54) is 7.11 Å². The molecule has 4 nitrogen and oxygen atoms in total. The van der Waals surface area contributed by atoms with Crippen LogP contribution in [0.4, 0.5) is 0 Å². The van der Waals surface area contributed by atoms with Gasteiger partial charge in [0.15, 0.2) is 17.3 Å². The molecule has 1 aliphatic heterocycles. The van der Waals surface area contributed by atoms with E-state index in [2.05, 4.69) is 15.9 Å². The van der Waals surface area contributed by atoms with Crippen molar-refractivity contribution in [3.05, 3.63) is 57.6 Å². The predicted octanol–water partition coefficient (Wildman–Crippen LogP) is 3.82. The molecule has 0 saturated heterocycles. The molecule has 3 rings (SSSR count). The minimum atomic E-state index is -0.0657. The second-order valence-corrected chi connectivity index (χ2v) is 5.68. The van der Waals surface area contributed by atoms with Crippen LogP contribution < -0.4 is 9.47 Å². The van der Waals surface area contributed by atoms with Crippen molar-refractivity contribution in [1.29, 1.82) is 0 Å². The monoisotopic (exact) mass is 360 g/mol. The Morgan fingerprint density at radius 2 is 2.09 bits per heavy atom. The maximum Gasteiger partial charge on any atom is 0.196 e. The summed E-state index contributed by atoms with van der Waals surface area (Å²) < 4.78 is 11.4. The zero-order chi connectivity index (χ0) is 15.7. The van der Waals surface area contributed by atoms with E-state index in [4.69, 9.17) is 9.47 Å². The summed E-state index contributed by atoms with van der Waals surface area (Å²) in [6.45, 7) is 0.203. The van der Waals surface area contributed by atoms with E-state index in [-0.39, 0.29) is 18.1 Å². The molecular formula is C17H13BrO4. The molecule has 0 radical (unpaired) electrons. The molecule has 0 aromatic heterocycles. The molecule has 2 aromatic rings. The number of aromatic hydroxyl groups is 1. The van der Waals surface area contributed by atoms with Gasteiger partial charge in [0.2, 0.25) is 0 Å². The zero-order valence-electron chi connectivity index (χ0n) is 11.8. The van der Waals surface area contributed by atoms with Crippen LogP contribution in [0.15, 0.2) is 46.4 Å². The second-order valence-electron chi connectivity index (χ2n) is 4.83. The van der Waals surface area contributed by atoms with Crippen molar-refractivity contribution in [3.8, 4) is 17.2 Å². The molecule has 0 spiro atoms. The summed E-state index contributed by atoms with van der Waals surface area (Å²) >= 11 is 3.41. The predicted molar refractivity (Wildman–Crippen MR) is 86.6 cm³/mol. The normalized spacial score (nSPS) is 15.4. The van der Waals surface area contributed by atoms with Gasteiger partial charge in [-0.2, -0.15) is 0 Å². The van der Waals surface area contributed by atoms with Gasteiger partial charge in [-0.3, -0.25) is 4.79 Å². The quantitative estimate of drug-likeness (QED) is 0.827. The van der Waals surface area contributed by atoms with E-state index in [1.807, 2.05) is 6.07 Å². The summed E-state index contributed by atoms with van der Waals surface area (Å²) in [5, 5.41) is 9.88. The number of fused-ring (bicyclic) bond motifs is 1. The van der Waals surface area contributed by atoms with Crippen molar-refractivity contribution >= 4 is 27.8 Å². The van der Waals surface area contributed by atoms with E-state index >= 15 is 0 Å². The highest BCUT2D eigenvalue weighted by Crippen LogP contribution is 2.34. The fourth-order valence-corrected chi connectivity index (χ4v) is 2.74. The molecule has 2 aromatic carbocycles. The van der Waals surface area contributed by atoms with Gasteiger partial charge in [0.1, 0.15) is 12.4 Å². The molecule has 0 saturated carbocycles. The highest BCUT2D eigenvalue weighted by Gasteiger charge is 2.23. The summed E-state index contributed by atoms with van der Waals surface area (Å²) in [4.78, 5) is 12.5. The Morgan fingerprint density at radius 1 is 1.32 bits per heavy atom. The van der Waals surface area contributed by atoms with Crippen LogP contribution in [0.25, 0.3) is 6.08 Å². The fourth-order valence-electron chi connectivity index (χ4n) is 2.30. The van der Waals surface area contributed by atoms with Crippen LogP contribution in [0.5, 0.6) is 17.2 Å². The first-order valence-corrected chi connectivity index (χ1v) is 7.43. The van der Waals surface area contributed by atoms with Gasteiger partial charge in [-0.05, 0) is 35.9 Å². The number of methoxy groups -OCH3 is 1. The zero-order valence-corrected chi connectivity index (χ0v) is 13.4. The Kier molecular flexibility index (Phi) is 3.90. The molecule has 22 heavy (non-hydrogen) atoms. The average molecular weight is 361 g/mol. The fraction of sp³-hybridized carbons (Fsp3) is 0.118. The molecule has 0 aliphatic carbocycles. The Labute approximate surface area is 136 Å². The van der Waals surface area contributed by atoms with Gasteiger partial charge in [-0.1, -0.05) is 28.1 Å². The van der Waals surface area contributed by atoms with Gasteiger partial charge >= 0.3 is 0 Å². The van der Waals surface area contributed by atoms with E-state index in [9.17, 15) is 9.90 Å². The summed E-state index contributed by atoms with van der Waals surface area (Å²) in [6.07, 6.45) is 1.71. The third kappa shape index (κ3) is 2.60. The van der Waals surface area contributed by atoms with E-state index < -0.39 is 0 Å². The smallest absolute Gasteiger partial charge is 0.196 e. The van der Waals surface area contributed by atoms with Crippen LogP contribution in [0.1, 0.15) is 15.9 Å². The molecular weight excluding hydrogens is 348 g/mol. The summed E-state index contributed by atoms with van der Waals surface area (Å²) in [6, 6.07) is 10.4. The molecule has 0 unspecified atom stereocenters. The lowest BCUT2D eigenvalue weighted by atomic mass is 9.98. The summed E-state index contributed by atoms with van der Waals surface area (Å²) in [5.41, 5.74) is 1.77. The molecule has 0 amide bonds. The topological polar surface area (TPSA) is 55.8 Å². The minimum Gasteiger partial charge on any atom is -0.504 e. The van der Waals surface area contributed by atoms with E-state index in [1.54, 1.807) is 36.4 Å². The maximum atomic E-state index is 12.5. The number of Topliss-reactive ketones (excluding diaryl/α,β-unsaturated/α-hetero) is 1.